The first kappa shape index (κ1) is 12.4. The molecule has 0 fully saturated rings. The van der Waals surface area contributed by atoms with Gasteiger partial charge in [0.1, 0.15) is 11.6 Å². The van der Waals surface area contributed by atoms with E-state index in [2.05, 4.69) is 9.97 Å². The van der Waals surface area contributed by atoms with Crippen LogP contribution in [0.5, 0.6) is 0 Å². The lowest BCUT2D eigenvalue weighted by molar-refractivity contribution is 0.544. The fourth-order valence-electron chi connectivity index (χ4n) is 2.08. The third-order valence-corrected chi connectivity index (χ3v) is 3.19. The molecule has 0 radical (unpaired) electrons. The number of nitrogens with two attached hydrogens (primary N) is 1. The quantitative estimate of drug-likeness (QED) is 0.768. The van der Waals surface area contributed by atoms with E-state index in [1.807, 2.05) is 56.3 Å². The van der Waals surface area contributed by atoms with Crippen molar-refractivity contribution in [2.75, 3.05) is 5.73 Å². The van der Waals surface area contributed by atoms with E-state index >= 15 is 0 Å². The number of hydrogen-bond donors (Lipinski definition) is 1. The molecule has 2 aromatic heterocycles. The van der Waals surface area contributed by atoms with Gasteiger partial charge in [-0.05, 0) is 26.0 Å². The first-order valence-electron chi connectivity index (χ1n) is 6.41. The SMILES string of the molecule is Cc1ccc(-c2nc(N)c(C)c(-c3ccccc3)n2)o1. The number of anilines is 1. The van der Waals surface area contributed by atoms with E-state index in [1.165, 1.54) is 0 Å². The van der Waals surface area contributed by atoms with Crippen LogP contribution in [0.25, 0.3) is 22.8 Å². The summed E-state index contributed by atoms with van der Waals surface area (Å²) in [6.07, 6.45) is 0. The number of aromatic nitrogens is 2. The Kier molecular flexibility index (Phi) is 2.99. The van der Waals surface area contributed by atoms with Crippen molar-refractivity contribution in [3.05, 3.63) is 53.8 Å². The van der Waals surface area contributed by atoms with E-state index in [1.54, 1.807) is 0 Å². The zero-order valence-corrected chi connectivity index (χ0v) is 11.4. The molecule has 0 spiro atoms. The summed E-state index contributed by atoms with van der Waals surface area (Å²) >= 11 is 0. The number of nitrogens with zero attached hydrogens (tertiary/aromatic N) is 2. The minimum Gasteiger partial charge on any atom is -0.458 e. The summed E-state index contributed by atoms with van der Waals surface area (Å²) in [5.41, 5.74) is 8.74. The maximum atomic E-state index is 6.01. The molecule has 0 saturated carbocycles. The van der Waals surface area contributed by atoms with Gasteiger partial charge in [-0.25, -0.2) is 9.97 Å². The number of benzene rings is 1. The minimum absolute atomic E-state index is 0.475. The molecule has 0 aliphatic carbocycles. The van der Waals surface area contributed by atoms with Crippen molar-refractivity contribution in [2.45, 2.75) is 13.8 Å². The van der Waals surface area contributed by atoms with Crippen LogP contribution in [0.2, 0.25) is 0 Å². The van der Waals surface area contributed by atoms with Crippen molar-refractivity contribution < 1.29 is 4.42 Å². The van der Waals surface area contributed by atoms with Gasteiger partial charge in [-0.15, -0.1) is 0 Å². The van der Waals surface area contributed by atoms with Gasteiger partial charge >= 0.3 is 0 Å². The van der Waals surface area contributed by atoms with Crippen LogP contribution in [0.15, 0.2) is 46.9 Å². The zero-order valence-electron chi connectivity index (χ0n) is 11.4. The van der Waals surface area contributed by atoms with Crippen LogP contribution in [0.1, 0.15) is 11.3 Å². The molecule has 20 heavy (non-hydrogen) atoms. The van der Waals surface area contributed by atoms with E-state index in [0.29, 0.717) is 17.4 Å². The molecule has 4 nitrogen and oxygen atoms in total. The fraction of sp³-hybridized carbons (Fsp3) is 0.125. The number of aryl methyl sites for hydroxylation is 1. The van der Waals surface area contributed by atoms with Crippen LogP contribution >= 0.6 is 0 Å². The highest BCUT2D eigenvalue weighted by atomic mass is 16.3. The molecule has 3 aromatic rings. The smallest absolute Gasteiger partial charge is 0.198 e. The van der Waals surface area contributed by atoms with Crippen LogP contribution in [0.4, 0.5) is 5.82 Å². The lowest BCUT2D eigenvalue weighted by Gasteiger charge is -2.09. The number of hydrogen-bond acceptors (Lipinski definition) is 4. The van der Waals surface area contributed by atoms with Crippen molar-refractivity contribution in [2.24, 2.45) is 0 Å². The minimum atomic E-state index is 0.475. The van der Waals surface area contributed by atoms with Crippen LogP contribution in [0, 0.1) is 13.8 Å². The summed E-state index contributed by atoms with van der Waals surface area (Å²) in [4.78, 5) is 8.92. The standard InChI is InChI=1S/C16H15N3O/c1-10-8-9-13(20-10)16-18-14(11(2)15(17)19-16)12-6-4-3-5-7-12/h3-9H,1-2H3,(H2,17,18,19). The topological polar surface area (TPSA) is 64.9 Å². The summed E-state index contributed by atoms with van der Waals surface area (Å²) in [7, 11) is 0. The summed E-state index contributed by atoms with van der Waals surface area (Å²) < 4.78 is 5.57. The number of rotatable bonds is 2. The molecule has 1 aromatic carbocycles. The molecule has 0 aliphatic heterocycles. The van der Waals surface area contributed by atoms with Gasteiger partial charge in [-0.3, -0.25) is 0 Å². The molecule has 0 saturated heterocycles. The molecule has 0 unspecified atom stereocenters. The first-order chi connectivity index (χ1) is 9.65. The monoisotopic (exact) mass is 265 g/mol. The van der Waals surface area contributed by atoms with Gasteiger partial charge in [0.25, 0.3) is 0 Å². The summed E-state index contributed by atoms with van der Waals surface area (Å²) in [5.74, 6) is 2.44. The third-order valence-electron chi connectivity index (χ3n) is 3.19. The van der Waals surface area contributed by atoms with Gasteiger partial charge in [-0.2, -0.15) is 0 Å². The molecule has 100 valence electrons. The van der Waals surface area contributed by atoms with E-state index in [9.17, 15) is 0 Å². The third kappa shape index (κ3) is 2.16. The van der Waals surface area contributed by atoms with Crippen molar-refractivity contribution in [1.82, 2.24) is 9.97 Å². The lowest BCUT2D eigenvalue weighted by Crippen LogP contribution is -2.02. The van der Waals surface area contributed by atoms with Gasteiger partial charge in [-0.1, -0.05) is 30.3 Å². The highest BCUT2D eigenvalue weighted by Gasteiger charge is 2.13. The predicted molar refractivity (Wildman–Crippen MR) is 79.1 cm³/mol. The van der Waals surface area contributed by atoms with Crippen molar-refractivity contribution in [3.63, 3.8) is 0 Å². The van der Waals surface area contributed by atoms with Crippen molar-refractivity contribution in [1.29, 1.82) is 0 Å². The Morgan fingerprint density at radius 1 is 0.950 bits per heavy atom. The fourth-order valence-corrected chi connectivity index (χ4v) is 2.08. The van der Waals surface area contributed by atoms with E-state index in [0.717, 1.165) is 22.6 Å². The molecular weight excluding hydrogens is 250 g/mol. The molecule has 2 N–H and O–H groups in total. The molecule has 4 heteroatoms. The molecule has 0 atom stereocenters. The van der Waals surface area contributed by atoms with Gasteiger partial charge in [0.15, 0.2) is 11.6 Å². The molecule has 0 amide bonds. The zero-order chi connectivity index (χ0) is 14.1. The Hall–Kier alpha value is -2.62. The van der Waals surface area contributed by atoms with E-state index < -0.39 is 0 Å². The van der Waals surface area contributed by atoms with Crippen molar-refractivity contribution >= 4 is 5.82 Å². The van der Waals surface area contributed by atoms with E-state index in [-0.39, 0.29) is 0 Å². The average Bonchev–Trinajstić information content (AvgIpc) is 2.89. The maximum Gasteiger partial charge on any atom is 0.198 e. The van der Waals surface area contributed by atoms with Gasteiger partial charge in [0, 0.05) is 11.1 Å². The predicted octanol–water partition coefficient (Wildman–Crippen LogP) is 3.60. The average molecular weight is 265 g/mol. The second-order valence-corrected chi connectivity index (χ2v) is 4.68. The molecular formula is C16H15N3O. The molecule has 2 heterocycles. The van der Waals surface area contributed by atoms with Crippen molar-refractivity contribution in [3.8, 4) is 22.8 Å². The molecule has 0 bridgehead atoms. The largest absolute Gasteiger partial charge is 0.458 e. The number of furan rings is 1. The Morgan fingerprint density at radius 2 is 1.70 bits per heavy atom. The normalized spacial score (nSPS) is 10.7. The molecule has 3 rings (SSSR count). The number of nitrogen functional groups attached to an aromatic ring is 1. The lowest BCUT2D eigenvalue weighted by atomic mass is 10.1. The summed E-state index contributed by atoms with van der Waals surface area (Å²) in [6, 6.07) is 13.7. The Balaban J connectivity index is 2.18. The van der Waals surface area contributed by atoms with Crippen LogP contribution in [-0.2, 0) is 0 Å². The summed E-state index contributed by atoms with van der Waals surface area (Å²) in [6.45, 7) is 3.81. The highest BCUT2D eigenvalue weighted by molar-refractivity contribution is 5.69. The summed E-state index contributed by atoms with van der Waals surface area (Å²) in [5, 5.41) is 0. The maximum absolute atomic E-state index is 6.01. The van der Waals surface area contributed by atoms with E-state index in [4.69, 9.17) is 10.2 Å². The second-order valence-electron chi connectivity index (χ2n) is 4.68. The van der Waals surface area contributed by atoms with Crippen LogP contribution in [0.3, 0.4) is 0 Å². The Labute approximate surface area is 117 Å². The van der Waals surface area contributed by atoms with Crippen LogP contribution < -0.4 is 5.73 Å². The van der Waals surface area contributed by atoms with Gasteiger partial charge in [0.2, 0.25) is 0 Å². The van der Waals surface area contributed by atoms with Gasteiger partial charge < -0.3 is 10.2 Å². The Morgan fingerprint density at radius 3 is 2.35 bits per heavy atom. The Bertz CT molecular complexity index is 748. The molecule has 0 aliphatic rings. The van der Waals surface area contributed by atoms with Crippen LogP contribution in [-0.4, -0.2) is 9.97 Å². The highest BCUT2D eigenvalue weighted by Crippen LogP contribution is 2.28. The second kappa shape index (κ2) is 4.81. The van der Waals surface area contributed by atoms with Gasteiger partial charge in [0.05, 0.1) is 5.69 Å². The first-order valence-corrected chi connectivity index (χ1v) is 6.41.